The average molecular weight is 1020 g/mol. The van der Waals surface area contributed by atoms with E-state index in [0.717, 1.165) is 63.5 Å². The number of hydrogen-bond donors (Lipinski definition) is 3. The molecule has 73 heavy (non-hydrogen) atoms. The van der Waals surface area contributed by atoms with Gasteiger partial charge in [0.25, 0.3) is 0 Å². The highest BCUT2D eigenvalue weighted by atomic mass is 16.5. The molecule has 5 unspecified atom stereocenters. The molecule has 2 fully saturated rings. The second-order valence-electron chi connectivity index (χ2n) is 20.2. The molecule has 428 valence electrons. The number of nitrogens with two attached hydrogens (primary N) is 1. The van der Waals surface area contributed by atoms with Gasteiger partial charge in [-0.3, -0.25) is 4.79 Å². The first-order valence-corrected chi connectivity index (χ1v) is 29.0. The number of likely N-dealkylation sites (tertiary alicyclic amines) is 1. The lowest BCUT2D eigenvalue weighted by Gasteiger charge is -2.42. The van der Waals surface area contributed by atoms with Gasteiger partial charge in [-0.05, 0) is 192 Å². The van der Waals surface area contributed by atoms with Gasteiger partial charge in [0.1, 0.15) is 6.29 Å². The SMILES string of the molecule is C#C.C/C=C/C(CC/C(=C\CC)OC1CCC1)Cc1ccc(N)cc1.C=CCCC.CC.CC.CC=O.CCC1(C)CCCCN1C.CCN(C(=O)CC(C)(CC)C(C)C)C(CC(C)C(C)=N)C(C)C.CNC. The average Bonchev–Trinajstić information content (AvgIpc) is 3.36. The first-order chi connectivity index (χ1) is 34.6. The minimum absolute atomic E-state index is 0.0646. The quantitative estimate of drug-likeness (QED) is 0.0266. The first-order valence-electron chi connectivity index (χ1n) is 29.0. The number of ether oxygens (including phenoxy) is 1. The van der Waals surface area contributed by atoms with Gasteiger partial charge in [0.05, 0.1) is 11.9 Å². The lowest BCUT2D eigenvalue weighted by molar-refractivity contribution is -0.137. The number of carbonyl (C=O) groups is 2. The molecular formula is C65H125N5O3. The van der Waals surface area contributed by atoms with Crippen molar-refractivity contribution in [2.75, 3.05) is 40.0 Å². The van der Waals surface area contributed by atoms with Crippen molar-refractivity contribution in [1.82, 2.24) is 15.1 Å². The molecule has 1 aliphatic heterocycles. The van der Waals surface area contributed by atoms with E-state index in [-0.39, 0.29) is 23.3 Å². The third kappa shape index (κ3) is 40.3. The molecule has 1 amide bonds. The van der Waals surface area contributed by atoms with E-state index in [1.54, 1.807) is 0 Å². The van der Waals surface area contributed by atoms with Crippen molar-refractivity contribution in [2.45, 2.75) is 252 Å². The fourth-order valence-corrected chi connectivity index (χ4v) is 8.01. The second kappa shape index (κ2) is 53.2. The van der Waals surface area contributed by atoms with Crippen molar-refractivity contribution >= 4 is 23.6 Å². The van der Waals surface area contributed by atoms with E-state index in [2.05, 4.69) is 162 Å². The van der Waals surface area contributed by atoms with Gasteiger partial charge in [0, 0.05) is 42.4 Å². The highest BCUT2D eigenvalue weighted by Crippen LogP contribution is 2.36. The van der Waals surface area contributed by atoms with Gasteiger partial charge < -0.3 is 35.8 Å². The Morgan fingerprint density at radius 1 is 1.00 bits per heavy atom. The molecule has 0 spiro atoms. The molecule has 8 heteroatoms. The van der Waals surface area contributed by atoms with E-state index < -0.39 is 0 Å². The van der Waals surface area contributed by atoms with Crippen LogP contribution in [0, 0.1) is 47.3 Å². The molecule has 3 rings (SSSR count). The van der Waals surface area contributed by atoms with Crippen LogP contribution in [0.5, 0.6) is 0 Å². The normalized spacial score (nSPS) is 16.9. The third-order valence-corrected chi connectivity index (χ3v) is 14.1. The predicted octanol–water partition coefficient (Wildman–Crippen LogP) is 17.6. The number of nitrogen functional groups attached to an aromatic ring is 1. The van der Waals surface area contributed by atoms with Gasteiger partial charge in [0.2, 0.25) is 5.91 Å². The smallest absolute Gasteiger partial charge is 0.223 e. The minimum atomic E-state index is 0.0646. The van der Waals surface area contributed by atoms with Crippen molar-refractivity contribution < 1.29 is 14.3 Å². The standard InChI is InChI=1S/C21H31NO.C20H40N2O.C9H19N.C5H10.C2H7N.C2H4O.2C2H6.C2H2/c1-3-6-17(16-18-10-13-19(22)14-11-18)12-15-20(7-4-2)23-21-8-5-9-21;1-10-20(9,15(5)6)13-19(23)22(11-2)18(14(3)4)12-16(7)17(8)21;1-4-9(2)7-5-6-8-10(9)3;1-3-5-4-2;1-3-2;1-2-3;3*1-2/h3,6-7,10-11,13-14,17,21H,4-5,8-9,12,15-16,22H2,1-2H3;14-16,18,21H,10-13H2,1-9H3;4-8H2,1-3H3;3H,1,4-5H2,2H3;3H,1-2H3;2H,1H3;2*1-2H3;1-2H/b6-3+,20-7+;;;;;;;;. The molecule has 5 atom stereocenters. The van der Waals surface area contributed by atoms with Crippen LogP contribution in [0.25, 0.3) is 0 Å². The summed E-state index contributed by atoms with van der Waals surface area (Å²) in [5, 5.41) is 10.6. The maximum Gasteiger partial charge on any atom is 0.223 e. The maximum atomic E-state index is 13.0. The summed E-state index contributed by atoms with van der Waals surface area (Å²) < 4.78 is 6.14. The Kier molecular flexibility index (Phi) is 58.8. The molecule has 1 saturated heterocycles. The lowest BCUT2D eigenvalue weighted by atomic mass is 9.73. The van der Waals surface area contributed by atoms with Gasteiger partial charge in [-0.25, -0.2) is 0 Å². The number of piperidine rings is 1. The number of benzene rings is 1. The maximum absolute atomic E-state index is 13.0. The molecule has 1 heterocycles. The van der Waals surface area contributed by atoms with Crippen molar-refractivity contribution in [1.29, 1.82) is 5.41 Å². The largest absolute Gasteiger partial charge is 0.495 e. The summed E-state index contributed by atoms with van der Waals surface area (Å²) in [5.41, 5.74) is 9.24. The molecule has 0 aromatic heterocycles. The van der Waals surface area contributed by atoms with E-state index in [1.165, 1.54) is 76.2 Å². The number of amides is 1. The fraction of sp³-hybridized carbons (Fsp3) is 0.738. The summed E-state index contributed by atoms with van der Waals surface area (Å²) in [6.45, 7) is 45.4. The summed E-state index contributed by atoms with van der Waals surface area (Å²) in [7, 11) is 6.00. The fourth-order valence-electron chi connectivity index (χ4n) is 8.01. The highest BCUT2D eigenvalue weighted by Gasteiger charge is 2.34. The molecule has 0 radical (unpaired) electrons. The predicted molar refractivity (Wildman–Crippen MR) is 330 cm³/mol. The van der Waals surface area contributed by atoms with Crippen molar-refractivity contribution in [3.05, 3.63) is 66.5 Å². The number of rotatable bonds is 22. The molecule has 8 nitrogen and oxygen atoms in total. The lowest BCUT2D eigenvalue weighted by Crippen LogP contribution is -2.46. The summed E-state index contributed by atoms with van der Waals surface area (Å²) in [5.74, 6) is 3.16. The molecule has 1 saturated carbocycles. The number of unbranched alkanes of at least 4 members (excludes halogenated alkanes) is 1. The van der Waals surface area contributed by atoms with Crippen molar-refractivity contribution in [2.24, 2.45) is 29.1 Å². The summed E-state index contributed by atoms with van der Waals surface area (Å²) >= 11 is 0. The number of carbonyl (C=O) groups excluding carboxylic acids is 2. The van der Waals surface area contributed by atoms with Gasteiger partial charge >= 0.3 is 0 Å². The summed E-state index contributed by atoms with van der Waals surface area (Å²) in [6.07, 6.45) is 36.4. The number of allylic oxidation sites excluding steroid dienone is 5. The Hall–Kier alpha value is -3.67. The Labute approximate surface area is 456 Å². The third-order valence-electron chi connectivity index (χ3n) is 14.1. The molecule has 0 bridgehead atoms. The van der Waals surface area contributed by atoms with E-state index in [1.807, 2.05) is 66.9 Å². The monoisotopic (exact) mass is 1020 g/mol. The number of terminal acetylenes is 1. The van der Waals surface area contributed by atoms with Crippen LogP contribution in [0.4, 0.5) is 5.69 Å². The Balaban J connectivity index is -0.000000207. The Morgan fingerprint density at radius 3 is 1.86 bits per heavy atom. The van der Waals surface area contributed by atoms with Crippen LogP contribution >= 0.6 is 0 Å². The van der Waals surface area contributed by atoms with E-state index in [9.17, 15) is 4.79 Å². The van der Waals surface area contributed by atoms with E-state index in [4.69, 9.17) is 20.7 Å². The molecular weight excluding hydrogens is 899 g/mol. The number of hydrogen-bond acceptors (Lipinski definition) is 7. The molecule has 1 aromatic carbocycles. The van der Waals surface area contributed by atoms with Crippen LogP contribution in [-0.2, 0) is 20.7 Å². The summed E-state index contributed by atoms with van der Waals surface area (Å²) in [4.78, 5) is 26.4. The first kappa shape index (κ1) is 80.7. The van der Waals surface area contributed by atoms with E-state index >= 15 is 0 Å². The van der Waals surface area contributed by atoms with Gasteiger partial charge in [0.15, 0.2) is 0 Å². The molecule has 1 aliphatic carbocycles. The van der Waals surface area contributed by atoms with Gasteiger partial charge in [-0.1, -0.05) is 140 Å². The van der Waals surface area contributed by atoms with Gasteiger partial charge in [-0.15, -0.1) is 19.4 Å². The van der Waals surface area contributed by atoms with Crippen LogP contribution in [0.15, 0.2) is 60.9 Å². The number of anilines is 1. The highest BCUT2D eigenvalue weighted by molar-refractivity contribution is 5.81. The molecule has 2 aliphatic rings. The number of nitrogens with one attached hydrogen (secondary N) is 2. The zero-order chi connectivity index (χ0) is 58.0. The van der Waals surface area contributed by atoms with Crippen LogP contribution < -0.4 is 11.1 Å². The zero-order valence-electron chi connectivity index (χ0n) is 52.4. The van der Waals surface area contributed by atoms with Crippen LogP contribution in [0.2, 0.25) is 0 Å². The molecule has 4 N–H and O–H groups in total. The topological polar surface area (TPSA) is 112 Å². The summed E-state index contributed by atoms with van der Waals surface area (Å²) in [6, 6.07) is 8.48. The number of nitrogens with zero attached hydrogens (tertiary/aromatic N) is 2. The van der Waals surface area contributed by atoms with Crippen LogP contribution in [-0.4, -0.2) is 79.6 Å². The van der Waals surface area contributed by atoms with E-state index in [0.29, 0.717) is 41.5 Å². The van der Waals surface area contributed by atoms with Crippen LogP contribution in [0.3, 0.4) is 0 Å². The van der Waals surface area contributed by atoms with Crippen molar-refractivity contribution in [3.63, 3.8) is 0 Å². The van der Waals surface area contributed by atoms with Crippen molar-refractivity contribution in [3.8, 4) is 12.8 Å². The minimum Gasteiger partial charge on any atom is -0.495 e. The van der Waals surface area contributed by atoms with Gasteiger partial charge in [-0.2, -0.15) is 0 Å². The Bertz CT molecular complexity index is 1500. The number of aldehydes is 1. The zero-order valence-corrected chi connectivity index (χ0v) is 52.4. The molecule has 1 aromatic rings. The Morgan fingerprint density at radius 2 is 1.53 bits per heavy atom. The second-order valence-corrected chi connectivity index (χ2v) is 20.2. The van der Waals surface area contributed by atoms with Crippen LogP contribution in [0.1, 0.15) is 233 Å².